The third-order valence-corrected chi connectivity index (χ3v) is 2.05. The van der Waals surface area contributed by atoms with Gasteiger partial charge < -0.3 is 5.32 Å². The third-order valence-electron chi connectivity index (χ3n) is 2.05. The van der Waals surface area contributed by atoms with Crippen LogP contribution in [0, 0.1) is 5.82 Å². The van der Waals surface area contributed by atoms with Crippen molar-refractivity contribution in [2.75, 3.05) is 13.6 Å². The summed E-state index contributed by atoms with van der Waals surface area (Å²) in [5.74, 6) is -2.32. The van der Waals surface area contributed by atoms with E-state index in [-0.39, 0.29) is 12.1 Å². The number of rotatable bonds is 3. The van der Waals surface area contributed by atoms with E-state index in [9.17, 15) is 17.6 Å². The summed E-state index contributed by atoms with van der Waals surface area (Å²) in [6, 6.07) is 4.59. The van der Waals surface area contributed by atoms with Gasteiger partial charge in [0.25, 0.3) is 0 Å². The lowest BCUT2D eigenvalue weighted by molar-refractivity contribution is -0.149. The van der Waals surface area contributed by atoms with E-state index in [1.54, 1.807) is 0 Å². The van der Waals surface area contributed by atoms with E-state index >= 15 is 0 Å². The molecule has 1 N–H and O–H groups in total. The van der Waals surface area contributed by atoms with Crippen molar-refractivity contribution < 1.29 is 17.6 Å². The highest BCUT2D eigenvalue weighted by Gasteiger charge is 2.40. The maximum atomic E-state index is 12.8. The Morgan fingerprint density at radius 3 is 2.47 bits per heavy atom. The molecule has 0 heterocycles. The minimum absolute atomic E-state index is 0.0585. The largest absolute Gasteiger partial charge is 0.396 e. The summed E-state index contributed by atoms with van der Waals surface area (Å²) in [6.07, 6.45) is -4.36. The highest BCUT2D eigenvalue weighted by atomic mass is 19.4. The number of alkyl halides is 3. The van der Waals surface area contributed by atoms with E-state index in [0.717, 1.165) is 12.1 Å². The van der Waals surface area contributed by atoms with E-state index in [0.29, 0.717) is 0 Å². The molecule has 0 fully saturated rings. The number of hydrogen-bond acceptors (Lipinski definition) is 1. The van der Waals surface area contributed by atoms with Crippen LogP contribution < -0.4 is 5.32 Å². The lowest BCUT2D eigenvalue weighted by Gasteiger charge is -2.20. The number of halogens is 4. The second-order valence-corrected chi connectivity index (χ2v) is 3.21. The zero-order valence-corrected chi connectivity index (χ0v) is 8.11. The van der Waals surface area contributed by atoms with E-state index in [4.69, 9.17) is 0 Å². The normalized spacial score (nSPS) is 13.9. The minimum Gasteiger partial charge on any atom is -0.319 e. The molecule has 1 rings (SSSR count). The standard InChI is InChI=1S/C10H11F4N/c1-15-6-9(10(12,13)14)7-3-2-4-8(11)5-7/h2-5,9,15H,6H2,1H3. The summed E-state index contributed by atoms with van der Waals surface area (Å²) in [7, 11) is 1.43. The molecule has 0 aliphatic rings. The second-order valence-electron chi connectivity index (χ2n) is 3.21. The Morgan fingerprint density at radius 1 is 1.33 bits per heavy atom. The van der Waals surface area contributed by atoms with Gasteiger partial charge >= 0.3 is 6.18 Å². The van der Waals surface area contributed by atoms with Crippen LogP contribution in [0.15, 0.2) is 24.3 Å². The lowest BCUT2D eigenvalue weighted by Crippen LogP contribution is -2.29. The Balaban J connectivity index is 2.99. The van der Waals surface area contributed by atoms with Gasteiger partial charge in [-0.2, -0.15) is 13.2 Å². The molecule has 1 unspecified atom stereocenters. The first kappa shape index (κ1) is 12.0. The topological polar surface area (TPSA) is 12.0 Å². The molecule has 84 valence electrons. The number of nitrogens with one attached hydrogen (secondary N) is 1. The fourth-order valence-electron chi connectivity index (χ4n) is 1.35. The van der Waals surface area contributed by atoms with Gasteiger partial charge in [-0.3, -0.25) is 0 Å². The van der Waals surface area contributed by atoms with E-state index in [2.05, 4.69) is 5.32 Å². The quantitative estimate of drug-likeness (QED) is 0.774. The third kappa shape index (κ3) is 3.20. The summed E-state index contributed by atoms with van der Waals surface area (Å²) in [4.78, 5) is 0. The van der Waals surface area contributed by atoms with Crippen LogP contribution >= 0.6 is 0 Å². The molecular weight excluding hydrogens is 210 g/mol. The average molecular weight is 221 g/mol. The van der Waals surface area contributed by atoms with Gasteiger partial charge in [-0.1, -0.05) is 12.1 Å². The highest BCUT2D eigenvalue weighted by Crippen LogP contribution is 2.34. The van der Waals surface area contributed by atoms with E-state index in [1.165, 1.54) is 19.2 Å². The van der Waals surface area contributed by atoms with Crippen LogP contribution in [0.1, 0.15) is 11.5 Å². The number of benzene rings is 1. The first-order chi connectivity index (χ1) is 6.95. The fourth-order valence-corrected chi connectivity index (χ4v) is 1.35. The fraction of sp³-hybridized carbons (Fsp3) is 0.400. The minimum atomic E-state index is -4.36. The van der Waals surface area contributed by atoms with Crippen LogP contribution in [-0.4, -0.2) is 19.8 Å². The van der Waals surface area contributed by atoms with Gasteiger partial charge in [0.15, 0.2) is 0 Å². The molecule has 0 aromatic heterocycles. The Bertz CT molecular complexity index is 321. The molecule has 1 aromatic rings. The molecule has 0 bridgehead atoms. The van der Waals surface area contributed by atoms with Crippen LogP contribution in [0.4, 0.5) is 17.6 Å². The first-order valence-electron chi connectivity index (χ1n) is 4.42. The van der Waals surface area contributed by atoms with Crippen molar-refractivity contribution in [3.8, 4) is 0 Å². The molecule has 1 aromatic carbocycles. The lowest BCUT2D eigenvalue weighted by atomic mass is 9.98. The Hall–Kier alpha value is -1.10. The summed E-state index contributed by atoms with van der Waals surface area (Å²) < 4.78 is 50.5. The Labute approximate surface area is 85.1 Å². The van der Waals surface area contributed by atoms with Crippen LogP contribution in [-0.2, 0) is 0 Å². The number of likely N-dealkylation sites (N-methyl/N-ethyl adjacent to an activating group) is 1. The van der Waals surface area contributed by atoms with Gasteiger partial charge in [-0.25, -0.2) is 4.39 Å². The molecule has 1 atom stereocenters. The number of hydrogen-bond donors (Lipinski definition) is 1. The monoisotopic (exact) mass is 221 g/mol. The van der Waals surface area contributed by atoms with Crippen molar-refractivity contribution in [2.45, 2.75) is 12.1 Å². The van der Waals surface area contributed by atoms with Gasteiger partial charge in [0.2, 0.25) is 0 Å². The molecule has 0 saturated heterocycles. The van der Waals surface area contributed by atoms with Crippen molar-refractivity contribution in [3.05, 3.63) is 35.6 Å². The molecule has 0 saturated carbocycles. The van der Waals surface area contributed by atoms with Gasteiger partial charge in [0.1, 0.15) is 5.82 Å². The van der Waals surface area contributed by atoms with Crippen molar-refractivity contribution >= 4 is 0 Å². The Kier molecular flexibility index (Phi) is 3.68. The van der Waals surface area contributed by atoms with Gasteiger partial charge in [0, 0.05) is 6.54 Å². The zero-order valence-electron chi connectivity index (χ0n) is 8.11. The zero-order chi connectivity index (χ0) is 11.5. The second kappa shape index (κ2) is 4.61. The van der Waals surface area contributed by atoms with Crippen LogP contribution in [0.3, 0.4) is 0 Å². The molecule has 0 aliphatic carbocycles. The summed E-state index contributed by atoms with van der Waals surface area (Å²) in [5, 5.41) is 2.45. The summed E-state index contributed by atoms with van der Waals surface area (Å²) >= 11 is 0. The SMILES string of the molecule is CNCC(c1cccc(F)c1)C(F)(F)F. The molecule has 1 nitrogen and oxygen atoms in total. The first-order valence-corrected chi connectivity index (χ1v) is 4.42. The maximum Gasteiger partial charge on any atom is 0.396 e. The molecule has 5 heteroatoms. The van der Waals surface area contributed by atoms with Crippen LogP contribution in [0.2, 0.25) is 0 Å². The van der Waals surface area contributed by atoms with Crippen molar-refractivity contribution in [1.82, 2.24) is 5.32 Å². The van der Waals surface area contributed by atoms with Crippen molar-refractivity contribution in [2.24, 2.45) is 0 Å². The predicted octanol–water partition coefficient (Wildman–Crippen LogP) is 2.69. The Morgan fingerprint density at radius 2 is 2.00 bits per heavy atom. The summed E-state index contributed by atoms with van der Waals surface area (Å²) in [5.41, 5.74) is -0.0585. The van der Waals surface area contributed by atoms with E-state index < -0.39 is 17.9 Å². The van der Waals surface area contributed by atoms with Gasteiger partial charge in [-0.15, -0.1) is 0 Å². The molecule has 0 spiro atoms. The average Bonchev–Trinajstić information content (AvgIpc) is 2.12. The van der Waals surface area contributed by atoms with Crippen molar-refractivity contribution in [3.63, 3.8) is 0 Å². The van der Waals surface area contributed by atoms with Gasteiger partial charge in [0.05, 0.1) is 5.92 Å². The molecule has 0 aliphatic heterocycles. The maximum absolute atomic E-state index is 12.8. The molecule has 0 radical (unpaired) electrons. The van der Waals surface area contributed by atoms with Gasteiger partial charge in [-0.05, 0) is 24.7 Å². The van der Waals surface area contributed by atoms with Crippen molar-refractivity contribution in [1.29, 1.82) is 0 Å². The highest BCUT2D eigenvalue weighted by molar-refractivity contribution is 5.22. The van der Waals surface area contributed by atoms with E-state index in [1.807, 2.05) is 0 Å². The molecule has 15 heavy (non-hydrogen) atoms. The summed E-state index contributed by atoms with van der Waals surface area (Å²) in [6.45, 7) is -0.257. The smallest absolute Gasteiger partial charge is 0.319 e. The molecular formula is C10H11F4N. The van der Waals surface area contributed by atoms with Crippen LogP contribution in [0.25, 0.3) is 0 Å². The van der Waals surface area contributed by atoms with Crippen LogP contribution in [0.5, 0.6) is 0 Å². The molecule has 0 amide bonds. The predicted molar refractivity (Wildman–Crippen MR) is 49.1 cm³/mol.